The van der Waals surface area contributed by atoms with Gasteiger partial charge in [0.05, 0.1) is 6.61 Å². The first-order valence-electron chi connectivity index (χ1n) is 11.3. The second-order valence-electron chi connectivity index (χ2n) is 8.91. The average molecular weight is 399 g/mol. The van der Waals surface area contributed by atoms with Crippen LogP contribution in [0.4, 0.5) is 8.78 Å². The third-order valence-electron chi connectivity index (χ3n) is 7.34. The first kappa shape index (κ1) is 20.4. The molecule has 3 heteroatoms. The fourth-order valence-corrected chi connectivity index (χ4v) is 5.62. The van der Waals surface area contributed by atoms with Gasteiger partial charge in [0, 0.05) is 5.56 Å². The molecule has 4 unspecified atom stereocenters. The summed E-state index contributed by atoms with van der Waals surface area (Å²) in [6, 6.07) is 11.2. The van der Waals surface area contributed by atoms with Crippen molar-refractivity contribution in [2.24, 2.45) is 17.8 Å². The van der Waals surface area contributed by atoms with E-state index < -0.39 is 11.6 Å². The minimum absolute atomic E-state index is 0.0278. The van der Waals surface area contributed by atoms with Gasteiger partial charge in [-0.05, 0) is 86.0 Å². The van der Waals surface area contributed by atoms with E-state index in [4.69, 9.17) is 4.74 Å². The molecule has 0 radical (unpaired) electrons. The highest BCUT2D eigenvalue weighted by molar-refractivity contribution is 5.65. The predicted molar refractivity (Wildman–Crippen MR) is 114 cm³/mol. The summed E-state index contributed by atoms with van der Waals surface area (Å²) >= 11 is 0. The number of benzene rings is 2. The maximum Gasteiger partial charge on any atom is 0.201 e. The van der Waals surface area contributed by atoms with Gasteiger partial charge in [-0.15, -0.1) is 0 Å². The molecule has 0 amide bonds. The monoisotopic (exact) mass is 398 g/mol. The normalized spacial score (nSPS) is 26.8. The second-order valence-corrected chi connectivity index (χ2v) is 8.91. The van der Waals surface area contributed by atoms with Crippen LogP contribution < -0.4 is 4.74 Å². The summed E-state index contributed by atoms with van der Waals surface area (Å²) < 4.78 is 33.9. The van der Waals surface area contributed by atoms with Gasteiger partial charge in [-0.2, -0.15) is 4.39 Å². The quantitative estimate of drug-likeness (QED) is 0.500. The van der Waals surface area contributed by atoms with E-state index in [1.807, 2.05) is 12.1 Å². The first-order valence-corrected chi connectivity index (χ1v) is 11.3. The molecule has 0 bridgehead atoms. The van der Waals surface area contributed by atoms with E-state index in [1.54, 1.807) is 13.0 Å². The molecule has 0 spiro atoms. The molecule has 0 heterocycles. The molecule has 0 N–H and O–H groups in total. The van der Waals surface area contributed by atoms with E-state index in [0.29, 0.717) is 23.7 Å². The SMILES string of the molecule is CCOc1ccc(-c2ccc(C3CCC4CC(CC)CCC4C3)cc2)c(F)c1F. The van der Waals surface area contributed by atoms with Crippen LogP contribution in [0.25, 0.3) is 11.1 Å². The molecule has 0 aliphatic heterocycles. The van der Waals surface area contributed by atoms with Crippen molar-refractivity contribution in [3.63, 3.8) is 0 Å². The van der Waals surface area contributed by atoms with E-state index in [9.17, 15) is 8.78 Å². The Morgan fingerprint density at radius 2 is 1.55 bits per heavy atom. The third kappa shape index (κ3) is 4.20. The van der Waals surface area contributed by atoms with E-state index in [2.05, 4.69) is 19.1 Å². The van der Waals surface area contributed by atoms with Crippen LogP contribution in [0.15, 0.2) is 36.4 Å². The van der Waals surface area contributed by atoms with Crippen LogP contribution in [-0.4, -0.2) is 6.61 Å². The minimum Gasteiger partial charge on any atom is -0.491 e. The van der Waals surface area contributed by atoms with Crippen molar-refractivity contribution < 1.29 is 13.5 Å². The molecule has 0 saturated heterocycles. The van der Waals surface area contributed by atoms with Gasteiger partial charge in [0.1, 0.15) is 0 Å². The van der Waals surface area contributed by atoms with Crippen LogP contribution in [-0.2, 0) is 0 Å². The minimum atomic E-state index is -0.908. The smallest absolute Gasteiger partial charge is 0.201 e. The van der Waals surface area contributed by atoms with E-state index in [1.165, 1.54) is 56.6 Å². The summed E-state index contributed by atoms with van der Waals surface area (Å²) in [4.78, 5) is 0. The van der Waals surface area contributed by atoms with Crippen molar-refractivity contribution in [1.29, 1.82) is 0 Å². The molecule has 1 nitrogen and oxygen atoms in total. The Hall–Kier alpha value is -1.90. The van der Waals surface area contributed by atoms with Gasteiger partial charge in [-0.1, -0.05) is 44.0 Å². The molecule has 0 aromatic heterocycles. The molecular formula is C26H32F2O. The zero-order valence-electron chi connectivity index (χ0n) is 17.6. The molecule has 156 valence electrons. The molecule has 2 fully saturated rings. The van der Waals surface area contributed by atoms with Gasteiger partial charge in [0.25, 0.3) is 0 Å². The average Bonchev–Trinajstić information content (AvgIpc) is 2.76. The van der Waals surface area contributed by atoms with Crippen molar-refractivity contribution in [2.75, 3.05) is 6.61 Å². The zero-order chi connectivity index (χ0) is 20.4. The third-order valence-corrected chi connectivity index (χ3v) is 7.34. The van der Waals surface area contributed by atoms with Gasteiger partial charge < -0.3 is 4.74 Å². The highest BCUT2D eigenvalue weighted by atomic mass is 19.2. The zero-order valence-corrected chi connectivity index (χ0v) is 17.6. The lowest BCUT2D eigenvalue weighted by Crippen LogP contribution is -2.30. The summed E-state index contributed by atoms with van der Waals surface area (Å²) in [5.41, 5.74) is 2.35. The number of fused-ring (bicyclic) bond motifs is 1. The van der Waals surface area contributed by atoms with Gasteiger partial charge in [-0.25, -0.2) is 4.39 Å². The molecule has 4 rings (SSSR count). The molecular weight excluding hydrogens is 366 g/mol. The lowest BCUT2D eigenvalue weighted by atomic mass is 9.63. The van der Waals surface area contributed by atoms with Crippen LogP contribution in [0.1, 0.15) is 70.3 Å². The summed E-state index contributed by atoms with van der Waals surface area (Å²) in [7, 11) is 0. The highest BCUT2D eigenvalue weighted by Gasteiger charge is 2.35. The molecule has 2 aliphatic carbocycles. The molecule has 2 aromatic rings. The Labute approximate surface area is 173 Å². The molecule has 2 aliphatic rings. The Balaban J connectivity index is 1.47. The van der Waals surface area contributed by atoms with Gasteiger partial charge >= 0.3 is 0 Å². The maximum absolute atomic E-state index is 14.5. The summed E-state index contributed by atoms with van der Waals surface area (Å²) in [6.45, 7) is 4.40. The molecule has 4 atom stereocenters. The maximum atomic E-state index is 14.5. The molecule has 2 aromatic carbocycles. The number of rotatable bonds is 5. The number of hydrogen-bond donors (Lipinski definition) is 0. The van der Waals surface area contributed by atoms with Gasteiger partial charge in [0.15, 0.2) is 11.6 Å². The topological polar surface area (TPSA) is 9.23 Å². The largest absolute Gasteiger partial charge is 0.491 e. The van der Waals surface area contributed by atoms with E-state index in [0.717, 1.165) is 17.8 Å². The highest BCUT2D eigenvalue weighted by Crippen LogP contribution is 2.48. The van der Waals surface area contributed by atoms with Gasteiger partial charge in [0.2, 0.25) is 5.82 Å². The van der Waals surface area contributed by atoms with Crippen molar-refractivity contribution in [1.82, 2.24) is 0 Å². The summed E-state index contributed by atoms with van der Waals surface area (Å²) in [5, 5.41) is 0. The predicted octanol–water partition coefficient (Wildman–Crippen LogP) is 7.74. The summed E-state index contributed by atoms with van der Waals surface area (Å²) in [6.07, 6.45) is 9.41. The Bertz CT molecular complexity index is 829. The number of hydrogen-bond acceptors (Lipinski definition) is 1. The molecule has 2 saturated carbocycles. The fraction of sp³-hybridized carbons (Fsp3) is 0.538. The second kappa shape index (κ2) is 8.85. The number of ether oxygens (including phenoxy) is 1. The fourth-order valence-electron chi connectivity index (χ4n) is 5.62. The van der Waals surface area contributed by atoms with Crippen LogP contribution >= 0.6 is 0 Å². The van der Waals surface area contributed by atoms with E-state index in [-0.39, 0.29) is 5.75 Å². The standard InChI is InChI=1S/C26H32F2O/c1-3-17-5-6-22-16-21(12-11-20(22)15-17)18-7-9-19(10-8-18)23-13-14-24(29-4-2)26(28)25(23)27/h7-10,13-14,17,20-22H,3-6,11-12,15-16H2,1-2H3. The number of halogens is 2. The van der Waals surface area contributed by atoms with Crippen molar-refractivity contribution >= 4 is 0 Å². The Morgan fingerprint density at radius 1 is 0.828 bits per heavy atom. The van der Waals surface area contributed by atoms with Gasteiger partial charge in [-0.3, -0.25) is 0 Å². The van der Waals surface area contributed by atoms with E-state index >= 15 is 0 Å². The van der Waals surface area contributed by atoms with Crippen LogP contribution in [0, 0.1) is 29.4 Å². The van der Waals surface area contributed by atoms with Crippen molar-refractivity contribution in [2.45, 2.75) is 64.7 Å². The van der Waals surface area contributed by atoms with Crippen molar-refractivity contribution in [3.05, 3.63) is 53.6 Å². The summed E-state index contributed by atoms with van der Waals surface area (Å²) in [5.74, 6) is 1.56. The van der Waals surface area contributed by atoms with Crippen LogP contribution in [0.2, 0.25) is 0 Å². The molecule has 29 heavy (non-hydrogen) atoms. The van der Waals surface area contributed by atoms with Crippen LogP contribution in [0.5, 0.6) is 5.75 Å². The van der Waals surface area contributed by atoms with Crippen molar-refractivity contribution in [3.8, 4) is 16.9 Å². The van der Waals surface area contributed by atoms with Crippen LogP contribution in [0.3, 0.4) is 0 Å². The first-order chi connectivity index (χ1) is 14.1. The Kier molecular flexibility index (Phi) is 6.22. The Morgan fingerprint density at radius 3 is 2.28 bits per heavy atom. The lowest BCUT2D eigenvalue weighted by Gasteiger charge is -2.42. The lowest BCUT2D eigenvalue weighted by molar-refractivity contribution is 0.116.